The van der Waals surface area contributed by atoms with E-state index in [4.69, 9.17) is 0 Å². The molecular weight excluding hydrogens is 206 g/mol. The molecule has 1 N–H and O–H groups in total. The lowest BCUT2D eigenvalue weighted by molar-refractivity contribution is 0.355. The molecule has 17 heavy (non-hydrogen) atoms. The first kappa shape index (κ1) is 12.6. The fraction of sp³-hybridized carbons (Fsp3) is 0.625. The minimum Gasteiger partial charge on any atom is -0.311 e. The van der Waals surface area contributed by atoms with Gasteiger partial charge < -0.3 is 5.32 Å². The van der Waals surface area contributed by atoms with E-state index < -0.39 is 0 Å². The van der Waals surface area contributed by atoms with Crippen LogP contribution in [0.2, 0.25) is 0 Å². The molecule has 1 aromatic rings. The average molecular weight is 231 g/mol. The maximum atomic E-state index is 3.83. The zero-order valence-electron chi connectivity index (χ0n) is 11.2. The quantitative estimate of drug-likeness (QED) is 0.813. The number of hydrogen-bond donors (Lipinski definition) is 1. The summed E-state index contributed by atoms with van der Waals surface area (Å²) in [5.74, 6) is 0.910. The molecule has 1 aliphatic carbocycles. The summed E-state index contributed by atoms with van der Waals surface area (Å²) in [7, 11) is 0. The van der Waals surface area contributed by atoms with E-state index in [0.717, 1.165) is 18.4 Å². The minimum atomic E-state index is 0.592. The number of rotatable bonds is 5. The van der Waals surface area contributed by atoms with Gasteiger partial charge in [-0.1, -0.05) is 50.1 Å². The maximum absolute atomic E-state index is 3.83. The third-order valence-electron chi connectivity index (χ3n) is 4.07. The van der Waals surface area contributed by atoms with Crippen molar-refractivity contribution >= 4 is 0 Å². The van der Waals surface area contributed by atoms with E-state index in [1.807, 2.05) is 0 Å². The van der Waals surface area contributed by atoms with E-state index in [9.17, 15) is 0 Å². The van der Waals surface area contributed by atoms with Crippen molar-refractivity contribution in [3.8, 4) is 0 Å². The van der Waals surface area contributed by atoms with Crippen LogP contribution in [0.1, 0.15) is 45.1 Å². The van der Waals surface area contributed by atoms with Gasteiger partial charge in [0.25, 0.3) is 0 Å². The topological polar surface area (TPSA) is 12.0 Å². The molecule has 0 spiro atoms. The van der Waals surface area contributed by atoms with E-state index in [1.165, 1.54) is 31.2 Å². The molecule has 0 saturated heterocycles. The van der Waals surface area contributed by atoms with E-state index in [-0.39, 0.29) is 0 Å². The molecule has 1 aromatic carbocycles. The first-order chi connectivity index (χ1) is 8.29. The van der Waals surface area contributed by atoms with E-state index in [2.05, 4.69) is 49.5 Å². The van der Waals surface area contributed by atoms with Crippen molar-refractivity contribution in [2.24, 2.45) is 5.92 Å². The van der Waals surface area contributed by atoms with Gasteiger partial charge in [0, 0.05) is 12.1 Å². The van der Waals surface area contributed by atoms with Crippen LogP contribution in [0.4, 0.5) is 0 Å². The Hall–Kier alpha value is -0.820. The lowest BCUT2D eigenvalue weighted by Gasteiger charge is -2.24. The number of hydrogen-bond acceptors (Lipinski definition) is 1. The molecule has 1 aliphatic rings. The molecular formula is C16H25N. The van der Waals surface area contributed by atoms with E-state index in [0.29, 0.717) is 6.04 Å². The predicted molar refractivity (Wildman–Crippen MR) is 74.2 cm³/mol. The minimum absolute atomic E-state index is 0.592. The summed E-state index contributed by atoms with van der Waals surface area (Å²) in [6.45, 7) is 4.64. The first-order valence-electron chi connectivity index (χ1n) is 7.09. The molecule has 0 aliphatic heterocycles. The summed E-state index contributed by atoms with van der Waals surface area (Å²) in [4.78, 5) is 0. The molecule has 1 nitrogen and oxygen atoms in total. The van der Waals surface area contributed by atoms with Crippen molar-refractivity contribution in [1.82, 2.24) is 5.32 Å². The van der Waals surface area contributed by atoms with Gasteiger partial charge in [0.1, 0.15) is 0 Å². The maximum Gasteiger partial charge on any atom is 0.00978 e. The molecule has 0 bridgehead atoms. The van der Waals surface area contributed by atoms with Crippen LogP contribution in [0.25, 0.3) is 0 Å². The van der Waals surface area contributed by atoms with Crippen LogP contribution in [0, 0.1) is 5.92 Å². The monoisotopic (exact) mass is 231 g/mol. The molecule has 0 radical (unpaired) electrons. The molecule has 0 amide bonds. The largest absolute Gasteiger partial charge is 0.311 e. The highest BCUT2D eigenvalue weighted by atomic mass is 15.0. The first-order valence-corrected chi connectivity index (χ1v) is 7.09. The van der Waals surface area contributed by atoms with Gasteiger partial charge in [0.2, 0.25) is 0 Å². The normalized spacial score (nSPS) is 26.0. The molecule has 2 rings (SSSR count). The zero-order chi connectivity index (χ0) is 12.1. The third-order valence-corrected chi connectivity index (χ3v) is 4.07. The van der Waals surface area contributed by atoms with Crippen LogP contribution >= 0.6 is 0 Å². The molecule has 1 heteroatoms. The van der Waals surface area contributed by atoms with Gasteiger partial charge in [-0.3, -0.25) is 0 Å². The summed E-state index contributed by atoms with van der Waals surface area (Å²) in [5.41, 5.74) is 1.44. The van der Waals surface area contributed by atoms with Crippen molar-refractivity contribution < 1.29 is 0 Å². The Balaban J connectivity index is 1.83. The number of benzene rings is 1. The van der Waals surface area contributed by atoms with Gasteiger partial charge in [0.15, 0.2) is 0 Å². The van der Waals surface area contributed by atoms with Crippen molar-refractivity contribution in [1.29, 1.82) is 0 Å². The smallest absolute Gasteiger partial charge is 0.00978 e. The second kappa shape index (κ2) is 6.20. The Morgan fingerprint density at radius 2 is 2.00 bits per heavy atom. The van der Waals surface area contributed by atoms with Crippen LogP contribution in [-0.2, 0) is 6.42 Å². The second-order valence-corrected chi connectivity index (χ2v) is 5.46. The molecule has 1 fully saturated rings. The molecule has 3 unspecified atom stereocenters. The Morgan fingerprint density at radius 3 is 2.71 bits per heavy atom. The van der Waals surface area contributed by atoms with Crippen LogP contribution in [0.5, 0.6) is 0 Å². The van der Waals surface area contributed by atoms with Gasteiger partial charge >= 0.3 is 0 Å². The average Bonchev–Trinajstić information content (AvgIpc) is 2.77. The van der Waals surface area contributed by atoms with Crippen LogP contribution in [0.3, 0.4) is 0 Å². The Bertz CT molecular complexity index is 320. The second-order valence-electron chi connectivity index (χ2n) is 5.46. The molecule has 0 heterocycles. The highest BCUT2D eigenvalue weighted by Crippen LogP contribution is 2.28. The zero-order valence-corrected chi connectivity index (χ0v) is 11.2. The van der Waals surface area contributed by atoms with E-state index in [1.54, 1.807) is 0 Å². The van der Waals surface area contributed by atoms with Gasteiger partial charge in [-0.25, -0.2) is 0 Å². The van der Waals surface area contributed by atoms with Crippen LogP contribution in [0.15, 0.2) is 30.3 Å². The third kappa shape index (κ3) is 3.57. The van der Waals surface area contributed by atoms with Crippen LogP contribution < -0.4 is 5.32 Å². The predicted octanol–water partition coefficient (Wildman–Crippen LogP) is 3.79. The summed E-state index contributed by atoms with van der Waals surface area (Å²) < 4.78 is 0. The highest BCUT2D eigenvalue weighted by molar-refractivity contribution is 5.15. The summed E-state index contributed by atoms with van der Waals surface area (Å²) in [6, 6.07) is 12.2. The summed E-state index contributed by atoms with van der Waals surface area (Å²) in [5, 5.41) is 3.83. The van der Waals surface area contributed by atoms with Gasteiger partial charge in [-0.15, -0.1) is 0 Å². The Labute approximate surface area is 106 Å². The molecule has 0 aromatic heterocycles. The van der Waals surface area contributed by atoms with Gasteiger partial charge in [0.05, 0.1) is 0 Å². The highest BCUT2D eigenvalue weighted by Gasteiger charge is 2.26. The van der Waals surface area contributed by atoms with Gasteiger partial charge in [-0.2, -0.15) is 0 Å². The Kier molecular flexibility index (Phi) is 4.61. The molecule has 1 saturated carbocycles. The van der Waals surface area contributed by atoms with Crippen molar-refractivity contribution in [2.75, 3.05) is 0 Å². The SMILES string of the molecule is CCC1CCCC1NC(C)Cc1ccccc1. The summed E-state index contributed by atoms with van der Waals surface area (Å²) >= 11 is 0. The fourth-order valence-corrected chi connectivity index (χ4v) is 3.14. The van der Waals surface area contributed by atoms with E-state index >= 15 is 0 Å². The lowest BCUT2D eigenvalue weighted by Crippen LogP contribution is -2.39. The van der Waals surface area contributed by atoms with Crippen molar-refractivity contribution in [3.05, 3.63) is 35.9 Å². The summed E-state index contributed by atoms with van der Waals surface area (Å²) in [6.07, 6.45) is 6.68. The Morgan fingerprint density at radius 1 is 1.24 bits per heavy atom. The number of nitrogens with one attached hydrogen (secondary N) is 1. The lowest BCUT2D eigenvalue weighted by atomic mass is 9.99. The van der Waals surface area contributed by atoms with Crippen molar-refractivity contribution in [2.45, 2.75) is 58.0 Å². The standard InChI is InChI=1S/C16H25N/c1-3-15-10-7-11-16(15)17-13(2)12-14-8-5-4-6-9-14/h4-6,8-9,13,15-17H,3,7,10-12H2,1-2H3. The fourth-order valence-electron chi connectivity index (χ4n) is 3.14. The molecule has 94 valence electrons. The van der Waals surface area contributed by atoms with Gasteiger partial charge in [-0.05, 0) is 37.7 Å². The van der Waals surface area contributed by atoms with Crippen molar-refractivity contribution in [3.63, 3.8) is 0 Å². The van der Waals surface area contributed by atoms with Crippen LogP contribution in [-0.4, -0.2) is 12.1 Å². The molecule has 3 atom stereocenters.